The quantitative estimate of drug-likeness (QED) is 0.166. The van der Waals surface area contributed by atoms with Gasteiger partial charge in [-0.05, 0) is 47.5 Å². The molecule has 0 saturated heterocycles. The number of para-hydroxylation sites is 3. The zero-order valence-corrected chi connectivity index (χ0v) is 30.6. The molecule has 0 saturated carbocycles. The van der Waals surface area contributed by atoms with Crippen molar-refractivity contribution in [1.29, 1.82) is 5.26 Å². The Morgan fingerprint density at radius 3 is 1.58 bits per heavy atom. The lowest BCUT2D eigenvalue weighted by atomic mass is 9.91. The maximum atomic E-state index is 10.9. The fourth-order valence-corrected chi connectivity index (χ4v) is 8.47. The van der Waals surface area contributed by atoms with E-state index in [1.807, 2.05) is 66.7 Å². The number of hydrogen-bond donors (Lipinski definition) is 0. The lowest BCUT2D eigenvalue weighted by Gasteiger charge is -2.17. The van der Waals surface area contributed by atoms with E-state index in [0.29, 0.717) is 11.1 Å². The molecule has 5 heteroatoms. The Bertz CT molecular complexity index is 3340. The van der Waals surface area contributed by atoms with Crippen LogP contribution in [0.15, 0.2) is 188 Å². The summed E-state index contributed by atoms with van der Waals surface area (Å²) in [5.41, 5.74) is 13.4. The van der Waals surface area contributed by atoms with Crippen molar-refractivity contribution < 1.29 is 0 Å². The van der Waals surface area contributed by atoms with Crippen LogP contribution < -0.4 is 0 Å². The molecule has 264 valence electrons. The van der Waals surface area contributed by atoms with Crippen LogP contribution in [0.4, 0.5) is 0 Å². The Morgan fingerprint density at radius 1 is 0.404 bits per heavy atom. The number of benzene rings is 8. The summed E-state index contributed by atoms with van der Waals surface area (Å²) >= 11 is 0. The normalized spacial score (nSPS) is 11.5. The maximum Gasteiger partial charge on any atom is 0.0999 e. The van der Waals surface area contributed by atoms with Crippen molar-refractivity contribution in [2.45, 2.75) is 0 Å². The minimum Gasteiger partial charge on any atom is -0.309 e. The molecule has 0 bridgehead atoms. The molecule has 0 radical (unpaired) electrons. The minimum absolute atomic E-state index is 0.503. The average molecular weight is 726 g/mol. The Morgan fingerprint density at radius 2 is 0.930 bits per heavy atom. The summed E-state index contributed by atoms with van der Waals surface area (Å²) < 4.78 is 2.33. The van der Waals surface area contributed by atoms with Gasteiger partial charge in [0.05, 0.1) is 56.3 Å². The van der Waals surface area contributed by atoms with Crippen LogP contribution in [0.3, 0.4) is 0 Å². The van der Waals surface area contributed by atoms with Crippen LogP contribution in [0, 0.1) is 11.3 Å². The van der Waals surface area contributed by atoms with Gasteiger partial charge >= 0.3 is 0 Å². The molecule has 11 rings (SSSR count). The molecule has 0 atom stereocenters. The molecule has 3 aromatic heterocycles. The minimum atomic E-state index is 0.503. The van der Waals surface area contributed by atoms with E-state index in [1.165, 1.54) is 21.8 Å². The van der Waals surface area contributed by atoms with Gasteiger partial charge in [-0.25, -0.2) is 15.0 Å². The summed E-state index contributed by atoms with van der Waals surface area (Å²) in [4.78, 5) is 16.1. The highest BCUT2D eigenvalue weighted by Crippen LogP contribution is 2.43. The Hall–Kier alpha value is -7.94. The predicted molar refractivity (Wildman–Crippen MR) is 233 cm³/mol. The third kappa shape index (κ3) is 5.20. The van der Waals surface area contributed by atoms with Gasteiger partial charge in [0.15, 0.2) is 0 Å². The van der Waals surface area contributed by atoms with Gasteiger partial charge in [0, 0.05) is 49.3 Å². The number of nitrogens with zero attached hydrogens (tertiary/aromatic N) is 5. The number of aromatic nitrogens is 4. The molecule has 5 nitrogen and oxygen atoms in total. The van der Waals surface area contributed by atoms with Gasteiger partial charge in [-0.2, -0.15) is 5.26 Å². The molecular weight excluding hydrogens is 695 g/mol. The van der Waals surface area contributed by atoms with E-state index >= 15 is 0 Å². The SMILES string of the molecule is N#Cc1cc2nc(-c3ccccc3)c(-c3ccccc3)nc2c2c1c(-c1ccccc1-c1ccc(-n3c4ccccc4c4ccccc43)cc1)nc1ccccc12. The highest BCUT2D eigenvalue weighted by molar-refractivity contribution is 6.23. The fourth-order valence-electron chi connectivity index (χ4n) is 8.47. The highest BCUT2D eigenvalue weighted by atomic mass is 15.0. The topological polar surface area (TPSA) is 67.4 Å². The lowest BCUT2D eigenvalue weighted by Crippen LogP contribution is -2.00. The van der Waals surface area contributed by atoms with Crippen LogP contribution in [0.2, 0.25) is 0 Å². The van der Waals surface area contributed by atoms with Gasteiger partial charge < -0.3 is 4.57 Å². The van der Waals surface area contributed by atoms with Crippen LogP contribution >= 0.6 is 0 Å². The molecule has 0 fully saturated rings. The predicted octanol–water partition coefficient (Wildman–Crippen LogP) is 13.0. The zero-order chi connectivity index (χ0) is 37.9. The largest absolute Gasteiger partial charge is 0.309 e. The lowest BCUT2D eigenvalue weighted by molar-refractivity contribution is 1.18. The third-order valence-corrected chi connectivity index (χ3v) is 11.0. The van der Waals surface area contributed by atoms with Crippen LogP contribution in [-0.2, 0) is 0 Å². The number of pyridine rings is 1. The van der Waals surface area contributed by atoms with Crippen molar-refractivity contribution in [1.82, 2.24) is 19.5 Å². The summed E-state index contributed by atoms with van der Waals surface area (Å²) in [5.74, 6) is 0. The molecule has 57 heavy (non-hydrogen) atoms. The summed E-state index contributed by atoms with van der Waals surface area (Å²) in [7, 11) is 0. The van der Waals surface area contributed by atoms with E-state index in [0.717, 1.165) is 77.8 Å². The molecule has 0 aliphatic carbocycles. The molecule has 11 aromatic rings. The molecule has 0 amide bonds. The molecule has 8 aromatic carbocycles. The summed E-state index contributed by atoms with van der Waals surface area (Å²) in [5, 5.41) is 15.9. The van der Waals surface area contributed by atoms with E-state index in [2.05, 4.69) is 132 Å². The number of rotatable bonds is 5. The first-order valence-electron chi connectivity index (χ1n) is 19.0. The second kappa shape index (κ2) is 13.1. The van der Waals surface area contributed by atoms with Crippen molar-refractivity contribution in [3.05, 3.63) is 194 Å². The van der Waals surface area contributed by atoms with E-state index in [9.17, 15) is 5.26 Å². The van der Waals surface area contributed by atoms with Crippen molar-refractivity contribution >= 4 is 54.5 Å². The van der Waals surface area contributed by atoms with Gasteiger partial charge in [0.25, 0.3) is 0 Å². The van der Waals surface area contributed by atoms with Crippen LogP contribution in [-0.4, -0.2) is 19.5 Å². The molecule has 0 spiro atoms. The van der Waals surface area contributed by atoms with Crippen molar-refractivity contribution in [3.8, 4) is 56.7 Å². The molecule has 0 aliphatic heterocycles. The molecule has 0 N–H and O–H groups in total. The van der Waals surface area contributed by atoms with Crippen molar-refractivity contribution in [3.63, 3.8) is 0 Å². The second-order valence-corrected chi connectivity index (χ2v) is 14.2. The maximum absolute atomic E-state index is 10.9. The standard InChI is InChI=1S/C52H31N5/c53-32-36-31-44-52(56-50(35-17-5-2-6-18-35)49(55-44)34-15-3-1-4-16-34)48-42-23-9-12-24-43(42)54-51(47(36)48)41-22-8-7-19-38(41)33-27-29-37(30-28-33)57-45-25-13-10-20-39(45)40-21-11-14-26-46(40)57/h1-31H. The molecule has 0 unspecified atom stereocenters. The summed E-state index contributed by atoms with van der Waals surface area (Å²) in [6.45, 7) is 0. The monoisotopic (exact) mass is 725 g/mol. The molecular formula is C52H31N5. The van der Waals surface area contributed by atoms with Crippen LogP contribution in [0.1, 0.15) is 5.56 Å². The van der Waals surface area contributed by atoms with Crippen LogP contribution in [0.5, 0.6) is 0 Å². The number of nitriles is 1. The van der Waals surface area contributed by atoms with E-state index in [4.69, 9.17) is 15.0 Å². The first kappa shape index (κ1) is 32.5. The Balaban J connectivity index is 1.16. The summed E-state index contributed by atoms with van der Waals surface area (Å²) in [6, 6.07) is 67.1. The fraction of sp³-hybridized carbons (Fsp3) is 0. The molecule has 0 aliphatic rings. The van der Waals surface area contributed by atoms with Gasteiger partial charge in [-0.1, -0.05) is 152 Å². The van der Waals surface area contributed by atoms with E-state index < -0.39 is 0 Å². The Labute approximate surface area is 328 Å². The van der Waals surface area contributed by atoms with E-state index in [1.54, 1.807) is 0 Å². The highest BCUT2D eigenvalue weighted by Gasteiger charge is 2.23. The van der Waals surface area contributed by atoms with Crippen LogP contribution in [0.25, 0.3) is 105 Å². The smallest absolute Gasteiger partial charge is 0.0999 e. The third-order valence-electron chi connectivity index (χ3n) is 11.0. The van der Waals surface area contributed by atoms with Gasteiger partial charge in [0.2, 0.25) is 0 Å². The first-order valence-corrected chi connectivity index (χ1v) is 19.0. The van der Waals surface area contributed by atoms with E-state index in [-0.39, 0.29) is 0 Å². The first-order chi connectivity index (χ1) is 28.2. The number of hydrogen-bond acceptors (Lipinski definition) is 4. The van der Waals surface area contributed by atoms with Gasteiger partial charge in [-0.3, -0.25) is 0 Å². The van der Waals surface area contributed by atoms with Gasteiger partial charge in [-0.15, -0.1) is 0 Å². The van der Waals surface area contributed by atoms with Gasteiger partial charge in [0.1, 0.15) is 0 Å². The van der Waals surface area contributed by atoms with Crippen molar-refractivity contribution in [2.24, 2.45) is 0 Å². The van der Waals surface area contributed by atoms with Crippen molar-refractivity contribution in [2.75, 3.05) is 0 Å². The zero-order valence-electron chi connectivity index (χ0n) is 30.6. The average Bonchev–Trinajstić information content (AvgIpc) is 3.63. The number of fused-ring (bicyclic) bond motifs is 8. The molecule has 3 heterocycles. The second-order valence-electron chi connectivity index (χ2n) is 14.2. The summed E-state index contributed by atoms with van der Waals surface area (Å²) in [6.07, 6.45) is 0. The Kier molecular flexibility index (Phi) is 7.48.